The van der Waals surface area contributed by atoms with Gasteiger partial charge >= 0.3 is 0 Å². The highest BCUT2D eigenvalue weighted by Gasteiger charge is 2.37. The summed E-state index contributed by atoms with van der Waals surface area (Å²) in [5.74, 6) is -0.901. The summed E-state index contributed by atoms with van der Waals surface area (Å²) in [5.41, 5.74) is 2.42. The first-order valence-electron chi connectivity index (χ1n) is 10.2. The lowest BCUT2D eigenvalue weighted by Crippen LogP contribution is -2.48. The Kier molecular flexibility index (Phi) is 3.53. The maximum absolute atomic E-state index is 13.4. The second-order valence-electron chi connectivity index (χ2n) is 7.86. The quantitative estimate of drug-likeness (QED) is 0.461. The molecule has 1 atom stereocenters. The number of imidazole rings is 1. The molecule has 2 amide bonds. The van der Waals surface area contributed by atoms with Gasteiger partial charge in [0.15, 0.2) is 0 Å². The van der Waals surface area contributed by atoms with Gasteiger partial charge in [0, 0.05) is 32.7 Å². The van der Waals surface area contributed by atoms with Crippen LogP contribution in [0.3, 0.4) is 0 Å². The van der Waals surface area contributed by atoms with Crippen LogP contribution in [0, 0.1) is 0 Å². The van der Waals surface area contributed by atoms with Crippen molar-refractivity contribution in [2.75, 3.05) is 6.61 Å². The second kappa shape index (κ2) is 6.09. The molecule has 0 bridgehead atoms. The summed E-state index contributed by atoms with van der Waals surface area (Å²) in [6, 6.07) is 13.6. The molecule has 1 N–H and O–H groups in total. The van der Waals surface area contributed by atoms with E-state index in [1.807, 2.05) is 31.2 Å². The Labute approximate surface area is 175 Å². The molecule has 1 unspecified atom stereocenters. The average molecular weight is 411 g/mol. The third-order valence-corrected chi connectivity index (χ3v) is 6.34. The molecule has 7 heteroatoms. The number of fused-ring (bicyclic) bond motifs is 4. The largest absolute Gasteiger partial charge is 0.394 e. The van der Waals surface area contributed by atoms with Crippen LogP contribution in [0.15, 0.2) is 53.3 Å². The Morgan fingerprint density at radius 3 is 2.26 bits per heavy atom. The van der Waals surface area contributed by atoms with E-state index in [-0.39, 0.29) is 12.2 Å². The van der Waals surface area contributed by atoms with E-state index in [9.17, 15) is 19.5 Å². The number of amides is 2. The zero-order valence-electron chi connectivity index (χ0n) is 16.6. The lowest BCUT2D eigenvalue weighted by Gasteiger charge is -2.32. The van der Waals surface area contributed by atoms with Crippen LogP contribution >= 0.6 is 0 Å². The lowest BCUT2D eigenvalue weighted by molar-refractivity contribution is 0.0466. The van der Waals surface area contributed by atoms with Gasteiger partial charge in [0.1, 0.15) is 5.65 Å². The first-order valence-corrected chi connectivity index (χ1v) is 10.2. The van der Waals surface area contributed by atoms with E-state index in [1.54, 1.807) is 28.7 Å². The molecule has 7 nitrogen and oxygen atoms in total. The van der Waals surface area contributed by atoms with Crippen LogP contribution in [0.4, 0.5) is 0 Å². The predicted molar refractivity (Wildman–Crippen MR) is 117 cm³/mol. The number of imide groups is 1. The van der Waals surface area contributed by atoms with Gasteiger partial charge in [-0.2, -0.15) is 0 Å². The summed E-state index contributed by atoms with van der Waals surface area (Å²) < 4.78 is 1.59. The Balaban J connectivity index is 1.79. The molecule has 5 aromatic rings. The predicted octanol–water partition coefficient (Wildman–Crippen LogP) is 2.96. The zero-order chi connectivity index (χ0) is 21.4. The molecule has 0 spiro atoms. The highest BCUT2D eigenvalue weighted by atomic mass is 16.3. The highest BCUT2D eigenvalue weighted by molar-refractivity contribution is 6.31. The summed E-state index contributed by atoms with van der Waals surface area (Å²) in [7, 11) is 0. The van der Waals surface area contributed by atoms with Crippen molar-refractivity contribution in [1.82, 2.24) is 14.3 Å². The highest BCUT2D eigenvalue weighted by Crippen LogP contribution is 2.37. The number of hydrogen-bond acceptors (Lipinski definition) is 5. The van der Waals surface area contributed by atoms with Crippen LogP contribution in [0.2, 0.25) is 0 Å². The van der Waals surface area contributed by atoms with Crippen molar-refractivity contribution in [3.05, 3.63) is 70.0 Å². The topological polar surface area (TPSA) is 92.0 Å². The van der Waals surface area contributed by atoms with Crippen molar-refractivity contribution in [1.29, 1.82) is 0 Å². The zero-order valence-corrected chi connectivity index (χ0v) is 16.6. The number of carbonyl (C=O) groups is 2. The van der Waals surface area contributed by atoms with Crippen molar-refractivity contribution in [3.8, 4) is 0 Å². The summed E-state index contributed by atoms with van der Waals surface area (Å²) >= 11 is 0. The van der Waals surface area contributed by atoms with E-state index in [4.69, 9.17) is 0 Å². The third kappa shape index (κ3) is 2.11. The molecule has 0 radical (unpaired) electrons. The molecule has 0 saturated heterocycles. The fraction of sp³-hybridized carbons (Fsp3) is 0.167. The lowest BCUT2D eigenvalue weighted by atomic mass is 9.89. The van der Waals surface area contributed by atoms with Gasteiger partial charge in [-0.15, -0.1) is 0 Å². The normalized spacial score (nSPS) is 15.1. The van der Waals surface area contributed by atoms with Gasteiger partial charge in [-0.3, -0.25) is 23.7 Å². The van der Waals surface area contributed by atoms with E-state index in [1.165, 1.54) is 0 Å². The van der Waals surface area contributed by atoms with Crippen LogP contribution in [0.25, 0.3) is 38.2 Å². The van der Waals surface area contributed by atoms with Crippen molar-refractivity contribution >= 4 is 50.0 Å². The smallest absolute Gasteiger partial charge is 0.264 e. The first-order chi connectivity index (χ1) is 15.1. The number of rotatable bonds is 3. The Morgan fingerprint density at radius 1 is 0.903 bits per heavy atom. The van der Waals surface area contributed by atoms with Gasteiger partial charge in [-0.1, -0.05) is 19.1 Å². The van der Waals surface area contributed by atoms with E-state index < -0.39 is 17.9 Å². The molecular formula is C24H17N3O4. The van der Waals surface area contributed by atoms with E-state index >= 15 is 0 Å². The number of hydrogen-bond donors (Lipinski definition) is 1. The maximum Gasteiger partial charge on any atom is 0.264 e. The van der Waals surface area contributed by atoms with Gasteiger partial charge in [-0.05, 0) is 42.8 Å². The van der Waals surface area contributed by atoms with Crippen LogP contribution in [-0.2, 0) is 0 Å². The number of aliphatic hydroxyl groups is 1. The number of benzene rings is 3. The van der Waals surface area contributed by atoms with Gasteiger partial charge in [0.05, 0.1) is 23.7 Å². The molecule has 0 saturated carbocycles. The maximum atomic E-state index is 13.4. The first kappa shape index (κ1) is 18.0. The molecule has 1 aliphatic heterocycles. The Bertz CT molecular complexity index is 1610. The number of pyridine rings is 1. The molecular weight excluding hydrogens is 394 g/mol. The minimum absolute atomic E-state index is 0.232. The van der Waals surface area contributed by atoms with Crippen molar-refractivity contribution in [2.24, 2.45) is 0 Å². The van der Waals surface area contributed by atoms with Crippen molar-refractivity contribution < 1.29 is 14.7 Å². The minimum Gasteiger partial charge on any atom is -0.394 e. The summed E-state index contributed by atoms with van der Waals surface area (Å²) in [6.07, 6.45) is 0.450. The van der Waals surface area contributed by atoms with E-state index in [2.05, 4.69) is 4.98 Å². The SMILES string of the molecule is CCC(CO)N1C(=O)c2ccc3c(=O)n4c5ccccc5nc4c4ccc(c2c34)C1=O. The number of aromatic nitrogens is 2. The summed E-state index contributed by atoms with van der Waals surface area (Å²) in [6.45, 7) is 1.52. The molecule has 2 aromatic heterocycles. The van der Waals surface area contributed by atoms with Crippen LogP contribution in [-0.4, -0.2) is 43.9 Å². The number of carbonyl (C=O) groups excluding carboxylic acids is 2. The molecule has 152 valence electrons. The molecule has 3 heterocycles. The van der Waals surface area contributed by atoms with Crippen molar-refractivity contribution in [3.63, 3.8) is 0 Å². The van der Waals surface area contributed by atoms with E-state index in [0.717, 1.165) is 10.3 Å². The Morgan fingerprint density at radius 2 is 1.58 bits per heavy atom. The van der Waals surface area contributed by atoms with E-state index in [0.29, 0.717) is 50.4 Å². The standard InChI is InChI=1S/C24H17N3O4/c1-2-12(11-28)26-22(29)15-8-7-13-19-14(9-10-16(20(15)19)23(26)30)24(31)27-18-6-4-3-5-17(18)25-21(13)27/h3-10,12,28H,2,11H2,1H3. The van der Waals surface area contributed by atoms with Crippen LogP contribution < -0.4 is 5.56 Å². The number of aliphatic hydroxyl groups excluding tert-OH is 1. The molecule has 31 heavy (non-hydrogen) atoms. The minimum atomic E-state index is -0.596. The van der Waals surface area contributed by atoms with Crippen molar-refractivity contribution in [2.45, 2.75) is 19.4 Å². The monoisotopic (exact) mass is 411 g/mol. The molecule has 0 fully saturated rings. The van der Waals surface area contributed by atoms with Gasteiger partial charge in [0.25, 0.3) is 17.4 Å². The van der Waals surface area contributed by atoms with Crippen LogP contribution in [0.1, 0.15) is 34.1 Å². The fourth-order valence-electron chi connectivity index (χ4n) is 4.83. The number of para-hydroxylation sites is 2. The Hall–Kier alpha value is -3.84. The molecule has 6 rings (SSSR count). The summed E-state index contributed by atoms with van der Waals surface area (Å²) in [4.78, 5) is 45.8. The van der Waals surface area contributed by atoms with Gasteiger partial charge in [0.2, 0.25) is 0 Å². The average Bonchev–Trinajstić information content (AvgIpc) is 3.18. The van der Waals surface area contributed by atoms with Gasteiger partial charge in [-0.25, -0.2) is 4.98 Å². The number of nitrogens with zero attached hydrogens (tertiary/aromatic N) is 3. The second-order valence-corrected chi connectivity index (χ2v) is 7.86. The van der Waals surface area contributed by atoms with Crippen LogP contribution in [0.5, 0.6) is 0 Å². The molecule has 1 aliphatic rings. The summed E-state index contributed by atoms with van der Waals surface area (Å²) in [5, 5.41) is 11.9. The molecule has 0 aliphatic carbocycles. The third-order valence-electron chi connectivity index (χ3n) is 6.34. The van der Waals surface area contributed by atoms with Gasteiger partial charge < -0.3 is 5.11 Å². The molecule has 3 aromatic carbocycles. The fourth-order valence-corrected chi connectivity index (χ4v) is 4.83.